The van der Waals surface area contributed by atoms with Crippen molar-refractivity contribution in [3.8, 4) is 5.69 Å². The fourth-order valence-electron chi connectivity index (χ4n) is 2.78. The van der Waals surface area contributed by atoms with Crippen LogP contribution in [0.4, 0.5) is 0 Å². The first-order chi connectivity index (χ1) is 11.9. The Bertz CT molecular complexity index is 867. The standard InChI is InChI=1S/C20H21Cl2N3/c1-14-4-6-15(7-5-14)10-18-12-17(13-24(2)3)23-25(18)20-9-8-16(21)11-19(20)22/h4-9,11-12H,10,13H2,1-3H3. The maximum Gasteiger partial charge on any atom is 0.0836 e. The molecule has 3 aromatic rings. The molecule has 0 radical (unpaired) electrons. The molecule has 1 aromatic heterocycles. The van der Waals surface area contributed by atoms with E-state index in [0.29, 0.717) is 10.0 Å². The number of aromatic nitrogens is 2. The van der Waals surface area contributed by atoms with Gasteiger partial charge in [0.2, 0.25) is 0 Å². The first-order valence-corrected chi connectivity index (χ1v) is 8.91. The number of hydrogen-bond donors (Lipinski definition) is 0. The highest BCUT2D eigenvalue weighted by atomic mass is 35.5. The zero-order chi connectivity index (χ0) is 18.0. The van der Waals surface area contributed by atoms with E-state index < -0.39 is 0 Å². The third-order valence-electron chi connectivity index (χ3n) is 3.96. The lowest BCUT2D eigenvalue weighted by Gasteiger charge is -2.10. The first kappa shape index (κ1) is 18.0. The zero-order valence-electron chi connectivity index (χ0n) is 14.6. The van der Waals surface area contributed by atoms with Crippen molar-refractivity contribution >= 4 is 23.2 Å². The molecule has 0 aliphatic rings. The molecule has 0 fully saturated rings. The van der Waals surface area contributed by atoms with Gasteiger partial charge in [0.1, 0.15) is 0 Å². The van der Waals surface area contributed by atoms with Gasteiger partial charge in [-0.05, 0) is 50.8 Å². The summed E-state index contributed by atoms with van der Waals surface area (Å²) in [6.07, 6.45) is 0.791. The molecule has 0 spiro atoms. The van der Waals surface area contributed by atoms with Gasteiger partial charge < -0.3 is 4.90 Å². The normalized spacial score (nSPS) is 11.3. The Morgan fingerprint density at radius 3 is 2.36 bits per heavy atom. The molecule has 3 rings (SSSR count). The molecule has 2 aromatic carbocycles. The van der Waals surface area contributed by atoms with Crippen LogP contribution in [0.1, 0.15) is 22.5 Å². The van der Waals surface area contributed by atoms with Gasteiger partial charge in [0.05, 0.1) is 16.4 Å². The molecule has 0 aliphatic heterocycles. The molecule has 0 amide bonds. The van der Waals surface area contributed by atoms with Gasteiger partial charge in [0.25, 0.3) is 0 Å². The number of benzene rings is 2. The Hall–Kier alpha value is -1.81. The van der Waals surface area contributed by atoms with Crippen molar-refractivity contribution in [1.82, 2.24) is 14.7 Å². The van der Waals surface area contributed by atoms with E-state index in [2.05, 4.69) is 42.2 Å². The molecule has 0 saturated heterocycles. The van der Waals surface area contributed by atoms with Crippen LogP contribution >= 0.6 is 23.2 Å². The van der Waals surface area contributed by atoms with Gasteiger partial charge in [-0.3, -0.25) is 0 Å². The summed E-state index contributed by atoms with van der Waals surface area (Å²) in [6.45, 7) is 2.87. The Labute approximate surface area is 158 Å². The Balaban J connectivity index is 2.02. The van der Waals surface area contributed by atoms with Crippen molar-refractivity contribution < 1.29 is 0 Å². The quantitative estimate of drug-likeness (QED) is 0.617. The SMILES string of the molecule is Cc1ccc(Cc2cc(CN(C)C)nn2-c2ccc(Cl)cc2Cl)cc1. The van der Waals surface area contributed by atoms with Crippen LogP contribution in [0.15, 0.2) is 48.5 Å². The van der Waals surface area contributed by atoms with E-state index in [1.54, 1.807) is 6.07 Å². The molecule has 0 atom stereocenters. The van der Waals surface area contributed by atoms with Crippen molar-refractivity contribution in [3.63, 3.8) is 0 Å². The van der Waals surface area contributed by atoms with Gasteiger partial charge in [-0.15, -0.1) is 0 Å². The third kappa shape index (κ3) is 4.43. The van der Waals surface area contributed by atoms with Gasteiger partial charge in [-0.2, -0.15) is 5.10 Å². The molecule has 0 aliphatic carbocycles. The third-order valence-corrected chi connectivity index (χ3v) is 4.49. The highest BCUT2D eigenvalue weighted by Gasteiger charge is 2.14. The minimum atomic E-state index is 0.595. The van der Waals surface area contributed by atoms with Gasteiger partial charge >= 0.3 is 0 Å². The van der Waals surface area contributed by atoms with Gasteiger partial charge in [0, 0.05) is 23.7 Å². The van der Waals surface area contributed by atoms with Gasteiger partial charge in [-0.1, -0.05) is 53.0 Å². The fraction of sp³-hybridized carbons (Fsp3) is 0.250. The lowest BCUT2D eigenvalue weighted by atomic mass is 10.1. The maximum absolute atomic E-state index is 6.42. The second-order valence-electron chi connectivity index (χ2n) is 6.53. The summed E-state index contributed by atoms with van der Waals surface area (Å²) < 4.78 is 1.93. The molecule has 0 bridgehead atoms. The zero-order valence-corrected chi connectivity index (χ0v) is 16.1. The fourth-order valence-corrected chi connectivity index (χ4v) is 3.27. The Morgan fingerprint density at radius 2 is 1.72 bits per heavy atom. The van der Waals surface area contributed by atoms with Crippen LogP contribution in [0.5, 0.6) is 0 Å². The minimum absolute atomic E-state index is 0.595. The van der Waals surface area contributed by atoms with Crippen LogP contribution in [-0.4, -0.2) is 28.8 Å². The van der Waals surface area contributed by atoms with E-state index in [4.69, 9.17) is 28.3 Å². The predicted octanol–water partition coefficient (Wildman–Crippen LogP) is 5.14. The van der Waals surface area contributed by atoms with Crippen LogP contribution < -0.4 is 0 Å². The number of aryl methyl sites for hydroxylation is 1. The predicted molar refractivity (Wildman–Crippen MR) is 105 cm³/mol. The summed E-state index contributed by atoms with van der Waals surface area (Å²) >= 11 is 12.5. The topological polar surface area (TPSA) is 21.1 Å². The average Bonchev–Trinajstić information content (AvgIpc) is 2.91. The molecule has 5 heteroatoms. The maximum atomic E-state index is 6.42. The number of nitrogens with zero attached hydrogens (tertiary/aromatic N) is 3. The second kappa shape index (κ2) is 7.61. The molecular weight excluding hydrogens is 353 g/mol. The highest BCUT2D eigenvalue weighted by Crippen LogP contribution is 2.26. The van der Waals surface area contributed by atoms with Crippen LogP contribution in [0.3, 0.4) is 0 Å². The highest BCUT2D eigenvalue weighted by molar-refractivity contribution is 6.35. The minimum Gasteiger partial charge on any atom is -0.304 e. The number of hydrogen-bond acceptors (Lipinski definition) is 2. The summed E-state index contributed by atoms with van der Waals surface area (Å²) in [5, 5.41) is 5.99. The second-order valence-corrected chi connectivity index (χ2v) is 7.38. The van der Waals surface area contributed by atoms with Crippen LogP contribution in [0.25, 0.3) is 5.69 Å². The first-order valence-electron chi connectivity index (χ1n) is 8.16. The summed E-state index contributed by atoms with van der Waals surface area (Å²) in [7, 11) is 4.07. The largest absolute Gasteiger partial charge is 0.304 e. The Morgan fingerprint density at radius 1 is 1.00 bits per heavy atom. The molecule has 0 unspecified atom stereocenters. The average molecular weight is 374 g/mol. The van der Waals surface area contributed by atoms with Gasteiger partial charge in [-0.25, -0.2) is 4.68 Å². The van der Waals surface area contributed by atoms with E-state index in [1.807, 2.05) is 30.9 Å². The Kier molecular flexibility index (Phi) is 5.48. The van der Waals surface area contributed by atoms with Crippen LogP contribution in [0, 0.1) is 6.92 Å². The summed E-state index contributed by atoms with van der Waals surface area (Å²) in [4.78, 5) is 2.10. The molecule has 25 heavy (non-hydrogen) atoms. The van der Waals surface area contributed by atoms with Gasteiger partial charge in [0.15, 0.2) is 0 Å². The lowest BCUT2D eigenvalue weighted by Crippen LogP contribution is -2.11. The van der Waals surface area contributed by atoms with Crippen molar-refractivity contribution in [1.29, 1.82) is 0 Å². The van der Waals surface area contributed by atoms with E-state index in [9.17, 15) is 0 Å². The van der Waals surface area contributed by atoms with E-state index in [1.165, 1.54) is 11.1 Å². The smallest absolute Gasteiger partial charge is 0.0836 e. The van der Waals surface area contributed by atoms with E-state index in [0.717, 1.165) is 30.0 Å². The van der Waals surface area contributed by atoms with E-state index >= 15 is 0 Å². The molecule has 0 N–H and O–H groups in total. The van der Waals surface area contributed by atoms with Crippen molar-refractivity contribution in [3.05, 3.63) is 81.1 Å². The van der Waals surface area contributed by atoms with Crippen molar-refractivity contribution in [2.24, 2.45) is 0 Å². The molecule has 1 heterocycles. The summed E-state index contributed by atoms with van der Waals surface area (Å²) in [5.74, 6) is 0. The summed E-state index contributed by atoms with van der Waals surface area (Å²) in [6, 6.07) is 16.2. The number of rotatable bonds is 5. The summed E-state index contributed by atoms with van der Waals surface area (Å²) in [5.41, 5.74) is 5.46. The van der Waals surface area contributed by atoms with E-state index in [-0.39, 0.29) is 0 Å². The molecule has 130 valence electrons. The van der Waals surface area contributed by atoms with Crippen molar-refractivity contribution in [2.75, 3.05) is 14.1 Å². The monoisotopic (exact) mass is 373 g/mol. The van der Waals surface area contributed by atoms with Crippen LogP contribution in [0.2, 0.25) is 10.0 Å². The lowest BCUT2D eigenvalue weighted by molar-refractivity contribution is 0.395. The molecule has 0 saturated carbocycles. The van der Waals surface area contributed by atoms with Crippen molar-refractivity contribution in [2.45, 2.75) is 19.9 Å². The van der Waals surface area contributed by atoms with Crippen LogP contribution in [-0.2, 0) is 13.0 Å². The number of halogens is 2. The molecule has 3 nitrogen and oxygen atoms in total. The molecular formula is C20H21Cl2N3.